The van der Waals surface area contributed by atoms with Gasteiger partial charge in [-0.15, -0.1) is 0 Å². The van der Waals surface area contributed by atoms with E-state index in [1.807, 2.05) is 0 Å². The van der Waals surface area contributed by atoms with Gasteiger partial charge in [-0.25, -0.2) is 4.79 Å². The minimum Gasteiger partial charge on any atom is -0.478 e. The quantitative estimate of drug-likeness (QED) is 0.656. The molecule has 6 heteroatoms. The molecule has 70 valence electrons. The van der Waals surface area contributed by atoms with Gasteiger partial charge in [-0.2, -0.15) is 8.42 Å². The van der Waals surface area contributed by atoms with Crippen LogP contribution in [0.25, 0.3) is 0 Å². The van der Waals surface area contributed by atoms with E-state index >= 15 is 0 Å². The summed E-state index contributed by atoms with van der Waals surface area (Å²) in [4.78, 5) is 10.4. The van der Waals surface area contributed by atoms with E-state index in [1.54, 1.807) is 0 Å². The van der Waals surface area contributed by atoms with E-state index in [9.17, 15) is 13.2 Å². The summed E-state index contributed by atoms with van der Waals surface area (Å²) in [5.74, 6) is -1.14. The van der Waals surface area contributed by atoms with Gasteiger partial charge in [-0.05, 0) is 12.2 Å². The Bertz CT molecular complexity index is 433. The highest BCUT2D eigenvalue weighted by Crippen LogP contribution is 2.18. The first kappa shape index (κ1) is 10.0. The van der Waals surface area contributed by atoms with E-state index in [4.69, 9.17) is 16.7 Å². The van der Waals surface area contributed by atoms with Gasteiger partial charge in [-0.1, -0.05) is 11.6 Å². The molecular formula is C7H5ClO4S. The Kier molecular flexibility index (Phi) is 2.90. The molecule has 1 rings (SSSR count). The van der Waals surface area contributed by atoms with Gasteiger partial charge in [0, 0.05) is 12.0 Å². The molecule has 4 nitrogen and oxygen atoms in total. The smallest absolute Gasteiger partial charge is 0.331 e. The van der Waals surface area contributed by atoms with Crippen molar-refractivity contribution in [2.75, 3.05) is 0 Å². The lowest BCUT2D eigenvalue weighted by atomic mass is 10.1. The molecule has 0 aromatic heterocycles. The molecule has 1 N–H and O–H groups in total. The van der Waals surface area contributed by atoms with E-state index in [0.29, 0.717) is 0 Å². The summed E-state index contributed by atoms with van der Waals surface area (Å²) in [5.41, 5.74) is 0.0172. The summed E-state index contributed by atoms with van der Waals surface area (Å²) in [6.07, 6.45) is 2.40. The topological polar surface area (TPSA) is 71.4 Å². The molecule has 1 aliphatic carbocycles. The third-order valence-electron chi connectivity index (χ3n) is 1.52. The van der Waals surface area contributed by atoms with Crippen molar-refractivity contribution in [1.82, 2.24) is 0 Å². The van der Waals surface area contributed by atoms with Crippen LogP contribution >= 0.6 is 11.6 Å². The van der Waals surface area contributed by atoms with Crippen LogP contribution in [0.5, 0.6) is 0 Å². The Morgan fingerprint density at radius 3 is 2.54 bits per heavy atom. The third-order valence-corrected chi connectivity index (χ3v) is 2.76. The van der Waals surface area contributed by atoms with Gasteiger partial charge >= 0.3 is 5.97 Å². The fourth-order valence-electron chi connectivity index (χ4n) is 0.868. The first-order valence-electron chi connectivity index (χ1n) is 3.27. The summed E-state index contributed by atoms with van der Waals surface area (Å²) < 4.78 is 21.1. The second-order valence-electron chi connectivity index (χ2n) is 2.35. The summed E-state index contributed by atoms with van der Waals surface area (Å²) in [6, 6.07) is 0. The lowest BCUT2D eigenvalue weighted by Crippen LogP contribution is -2.11. The average molecular weight is 221 g/mol. The minimum atomic E-state index is -2.46. The van der Waals surface area contributed by atoms with Crippen molar-refractivity contribution >= 4 is 32.7 Å². The van der Waals surface area contributed by atoms with Crippen molar-refractivity contribution in [2.45, 2.75) is 6.42 Å². The molecule has 0 bridgehead atoms. The number of carbonyl (C=O) groups is 1. The van der Waals surface area contributed by atoms with Crippen molar-refractivity contribution in [3.63, 3.8) is 0 Å². The Morgan fingerprint density at radius 1 is 1.46 bits per heavy atom. The van der Waals surface area contributed by atoms with Crippen LogP contribution in [0, 0.1) is 0 Å². The molecule has 0 atom stereocenters. The molecule has 1 aliphatic rings. The summed E-state index contributed by atoms with van der Waals surface area (Å²) in [6.45, 7) is 0. The molecule has 0 aromatic carbocycles. The fraction of sp³-hybridized carbons (Fsp3) is 0.143. The fourth-order valence-corrected chi connectivity index (χ4v) is 1.69. The van der Waals surface area contributed by atoms with Crippen LogP contribution in [0.1, 0.15) is 6.42 Å². The number of rotatable bonds is 1. The molecule has 0 saturated heterocycles. The molecule has 0 aliphatic heterocycles. The van der Waals surface area contributed by atoms with Gasteiger partial charge in [0.1, 0.15) is 0 Å². The molecular weight excluding hydrogens is 216 g/mol. The van der Waals surface area contributed by atoms with Gasteiger partial charge in [0.05, 0.1) is 9.90 Å². The molecule has 0 heterocycles. The lowest BCUT2D eigenvalue weighted by molar-refractivity contribution is -0.132. The van der Waals surface area contributed by atoms with Gasteiger partial charge in [-0.3, -0.25) is 0 Å². The second kappa shape index (κ2) is 3.76. The Morgan fingerprint density at radius 2 is 2.08 bits per heavy atom. The maximum Gasteiger partial charge on any atom is 0.331 e. The van der Waals surface area contributed by atoms with Crippen molar-refractivity contribution in [2.24, 2.45) is 0 Å². The monoisotopic (exact) mass is 220 g/mol. The largest absolute Gasteiger partial charge is 0.478 e. The molecule has 13 heavy (non-hydrogen) atoms. The highest BCUT2D eigenvalue weighted by molar-refractivity contribution is 7.73. The maximum atomic E-state index is 10.6. The van der Waals surface area contributed by atoms with E-state index in [-0.39, 0.29) is 21.9 Å². The van der Waals surface area contributed by atoms with Gasteiger partial charge < -0.3 is 5.11 Å². The highest BCUT2D eigenvalue weighted by atomic mass is 35.5. The van der Waals surface area contributed by atoms with E-state index in [1.165, 1.54) is 12.2 Å². The number of allylic oxidation sites excluding steroid dienone is 3. The first-order valence-corrected chi connectivity index (χ1v) is 4.72. The number of hydrogen-bond acceptors (Lipinski definition) is 3. The van der Waals surface area contributed by atoms with Crippen LogP contribution in [0.4, 0.5) is 0 Å². The zero-order valence-corrected chi connectivity index (χ0v) is 7.89. The highest BCUT2D eigenvalue weighted by Gasteiger charge is 2.17. The summed E-state index contributed by atoms with van der Waals surface area (Å²) in [7, 11) is -2.46. The van der Waals surface area contributed by atoms with Gasteiger partial charge in [0.25, 0.3) is 0 Å². The van der Waals surface area contributed by atoms with Gasteiger partial charge in [0.2, 0.25) is 10.3 Å². The molecule has 0 aromatic rings. The van der Waals surface area contributed by atoms with E-state index in [0.717, 1.165) is 0 Å². The number of hydrogen-bond donors (Lipinski definition) is 1. The predicted molar refractivity (Wildman–Crippen MR) is 48.2 cm³/mol. The van der Waals surface area contributed by atoms with Crippen molar-refractivity contribution < 1.29 is 18.3 Å². The average Bonchev–Trinajstić information content (AvgIpc) is 2.04. The molecule has 0 radical (unpaired) electrons. The Balaban J connectivity index is 3.19. The molecule has 0 saturated carbocycles. The van der Waals surface area contributed by atoms with Crippen LogP contribution in [0.15, 0.2) is 22.8 Å². The minimum absolute atomic E-state index is 0.0172. The van der Waals surface area contributed by atoms with Crippen LogP contribution in [0.2, 0.25) is 0 Å². The molecule has 0 amide bonds. The van der Waals surface area contributed by atoms with Crippen LogP contribution in [-0.4, -0.2) is 24.4 Å². The number of aliphatic carboxylic acids is 1. The lowest BCUT2D eigenvalue weighted by Gasteiger charge is -2.06. The molecule has 0 fully saturated rings. The number of carboxylic acids is 1. The third kappa shape index (κ3) is 2.19. The standard InChI is InChI=1S/C7H5ClO4S/c8-5-2-1-4(7(9)10)3-6(5)13(11)12/h1-2H,3H2,(H,9,10). The van der Waals surface area contributed by atoms with Crippen LogP contribution < -0.4 is 0 Å². The van der Waals surface area contributed by atoms with Crippen LogP contribution in [-0.2, 0) is 15.1 Å². The summed E-state index contributed by atoms with van der Waals surface area (Å²) in [5, 5.41) is 8.64. The Hall–Kier alpha value is -1.07. The van der Waals surface area contributed by atoms with Crippen molar-refractivity contribution in [1.29, 1.82) is 0 Å². The number of carboxylic acid groups (broad SMARTS) is 1. The molecule has 0 unspecified atom stereocenters. The zero-order chi connectivity index (χ0) is 10.0. The maximum absolute atomic E-state index is 10.6. The van der Waals surface area contributed by atoms with Crippen LogP contribution in [0.3, 0.4) is 0 Å². The SMILES string of the molecule is O=C(O)C1=CC=C(Cl)C(=S(=O)=O)C1. The predicted octanol–water partition coefficient (Wildman–Crippen LogP) is 0.575. The van der Waals surface area contributed by atoms with Crippen molar-refractivity contribution in [3.8, 4) is 0 Å². The Labute approximate surface area is 80.7 Å². The molecule has 0 spiro atoms. The normalized spacial score (nSPS) is 16.2. The van der Waals surface area contributed by atoms with Crippen molar-refractivity contribution in [3.05, 3.63) is 22.8 Å². The van der Waals surface area contributed by atoms with E-state index in [2.05, 4.69) is 0 Å². The zero-order valence-electron chi connectivity index (χ0n) is 6.32. The first-order chi connectivity index (χ1) is 6.02. The summed E-state index contributed by atoms with van der Waals surface area (Å²) >= 11 is 5.54. The van der Waals surface area contributed by atoms with Gasteiger partial charge in [0.15, 0.2) is 0 Å². The second-order valence-corrected chi connectivity index (χ2v) is 3.72. The number of halogens is 1. The van der Waals surface area contributed by atoms with E-state index < -0.39 is 16.3 Å².